The first-order chi connectivity index (χ1) is 14.1. The van der Waals surface area contributed by atoms with Crippen molar-refractivity contribution >= 4 is 17.3 Å². The molecule has 3 atom stereocenters. The number of carbonyl (C=O) groups excluding carboxylic acids is 1. The van der Waals surface area contributed by atoms with Crippen molar-refractivity contribution in [3.63, 3.8) is 0 Å². The lowest BCUT2D eigenvalue weighted by Crippen LogP contribution is -2.33. The summed E-state index contributed by atoms with van der Waals surface area (Å²) in [4.78, 5) is 23.1. The van der Waals surface area contributed by atoms with Crippen molar-refractivity contribution in [2.24, 2.45) is 5.92 Å². The number of aromatic carboxylic acids is 1. The molecular formula is C23H17N2O4-. The zero-order valence-corrected chi connectivity index (χ0v) is 15.4. The van der Waals surface area contributed by atoms with Crippen LogP contribution in [0.5, 0.6) is 0 Å². The highest BCUT2D eigenvalue weighted by Crippen LogP contribution is 2.55. The fourth-order valence-electron chi connectivity index (χ4n) is 4.98. The van der Waals surface area contributed by atoms with Crippen molar-refractivity contribution < 1.29 is 14.8 Å². The van der Waals surface area contributed by atoms with E-state index in [0.717, 1.165) is 17.5 Å². The molecule has 144 valence electrons. The van der Waals surface area contributed by atoms with Crippen LogP contribution in [0, 0.1) is 16.0 Å². The van der Waals surface area contributed by atoms with E-state index >= 15 is 0 Å². The third kappa shape index (κ3) is 2.60. The van der Waals surface area contributed by atoms with Crippen LogP contribution in [0.25, 0.3) is 0 Å². The first kappa shape index (κ1) is 17.4. The molecule has 1 aliphatic carbocycles. The van der Waals surface area contributed by atoms with Crippen LogP contribution in [-0.2, 0) is 6.42 Å². The molecule has 5 rings (SSSR count). The van der Waals surface area contributed by atoms with E-state index in [9.17, 15) is 20.0 Å². The molecule has 3 aromatic carbocycles. The van der Waals surface area contributed by atoms with Crippen molar-refractivity contribution in [1.29, 1.82) is 0 Å². The van der Waals surface area contributed by atoms with Gasteiger partial charge in [-0.3, -0.25) is 10.1 Å². The molecule has 6 heteroatoms. The van der Waals surface area contributed by atoms with E-state index in [-0.39, 0.29) is 34.1 Å². The van der Waals surface area contributed by atoms with Gasteiger partial charge < -0.3 is 15.2 Å². The number of carboxylic acids is 1. The lowest BCUT2D eigenvalue weighted by Gasteiger charge is -2.38. The predicted molar refractivity (Wildman–Crippen MR) is 106 cm³/mol. The van der Waals surface area contributed by atoms with Crippen LogP contribution in [0.2, 0.25) is 0 Å². The number of carbonyl (C=O) groups is 1. The fourth-order valence-corrected chi connectivity index (χ4v) is 4.98. The molecule has 1 aliphatic heterocycles. The minimum absolute atomic E-state index is 0.0356. The van der Waals surface area contributed by atoms with Crippen molar-refractivity contribution in [3.8, 4) is 0 Å². The maximum absolute atomic E-state index is 11.8. The predicted octanol–water partition coefficient (Wildman–Crippen LogP) is 3.43. The number of hydrogen-bond donors (Lipinski definition) is 1. The molecule has 0 spiro atoms. The SMILES string of the molecule is O=C([O-])c1cccc2c1N[C@H](c1ccccc1[N+](=O)[O-])[C@H]1Cc3ccccc3[C@@H]21. The highest BCUT2D eigenvalue weighted by atomic mass is 16.6. The molecule has 6 nitrogen and oxygen atoms in total. The minimum Gasteiger partial charge on any atom is -0.545 e. The molecule has 0 saturated heterocycles. The third-order valence-corrected chi connectivity index (χ3v) is 6.12. The second-order valence-electron chi connectivity index (χ2n) is 7.54. The maximum atomic E-state index is 11.8. The van der Waals surface area contributed by atoms with Crippen LogP contribution in [0.3, 0.4) is 0 Å². The summed E-state index contributed by atoms with van der Waals surface area (Å²) in [5.74, 6) is -1.26. The number of rotatable bonds is 3. The highest BCUT2D eigenvalue weighted by molar-refractivity contribution is 5.94. The molecule has 0 radical (unpaired) electrons. The van der Waals surface area contributed by atoms with E-state index in [2.05, 4.69) is 17.4 Å². The number of para-hydroxylation sites is 2. The smallest absolute Gasteiger partial charge is 0.274 e. The topological polar surface area (TPSA) is 95.3 Å². The average Bonchev–Trinajstić information content (AvgIpc) is 3.12. The number of anilines is 1. The molecule has 1 N–H and O–H groups in total. The van der Waals surface area contributed by atoms with E-state index in [1.807, 2.05) is 18.2 Å². The van der Waals surface area contributed by atoms with Gasteiger partial charge in [-0.05, 0) is 29.0 Å². The molecule has 0 amide bonds. The summed E-state index contributed by atoms with van der Waals surface area (Å²) in [7, 11) is 0. The number of nitro benzene ring substituents is 1. The van der Waals surface area contributed by atoms with Gasteiger partial charge in [-0.1, -0.05) is 60.7 Å². The van der Waals surface area contributed by atoms with Crippen molar-refractivity contribution in [3.05, 3.63) is 105 Å². The van der Waals surface area contributed by atoms with Gasteiger partial charge in [0.1, 0.15) is 0 Å². The van der Waals surface area contributed by atoms with Crippen LogP contribution < -0.4 is 10.4 Å². The van der Waals surface area contributed by atoms with Gasteiger partial charge in [0, 0.05) is 23.2 Å². The third-order valence-electron chi connectivity index (χ3n) is 6.12. The Balaban J connectivity index is 1.75. The second kappa shape index (κ2) is 6.44. The van der Waals surface area contributed by atoms with Crippen LogP contribution >= 0.6 is 0 Å². The molecule has 0 saturated carbocycles. The largest absolute Gasteiger partial charge is 0.545 e. The number of hydrogen-bond acceptors (Lipinski definition) is 5. The molecule has 0 unspecified atom stereocenters. The Kier molecular flexibility index (Phi) is 3.87. The summed E-state index contributed by atoms with van der Waals surface area (Å²) in [6.07, 6.45) is 0.763. The van der Waals surface area contributed by atoms with Gasteiger partial charge in [0.15, 0.2) is 0 Å². The van der Waals surface area contributed by atoms with Gasteiger partial charge in [-0.2, -0.15) is 0 Å². The summed E-state index contributed by atoms with van der Waals surface area (Å²) < 4.78 is 0. The molecule has 29 heavy (non-hydrogen) atoms. The van der Waals surface area contributed by atoms with Crippen LogP contribution in [0.15, 0.2) is 66.7 Å². The lowest BCUT2D eigenvalue weighted by atomic mass is 9.74. The number of nitrogens with zero attached hydrogens (tertiary/aromatic N) is 1. The Morgan fingerprint density at radius 1 is 0.931 bits per heavy atom. The number of carboxylic acid groups (broad SMARTS) is 1. The fraction of sp³-hybridized carbons (Fsp3) is 0.174. The Morgan fingerprint density at radius 3 is 2.38 bits per heavy atom. The number of benzene rings is 3. The summed E-state index contributed by atoms with van der Waals surface area (Å²) in [5, 5.41) is 26.8. The van der Waals surface area contributed by atoms with E-state index in [4.69, 9.17) is 0 Å². The van der Waals surface area contributed by atoms with Gasteiger partial charge in [0.2, 0.25) is 0 Å². The van der Waals surface area contributed by atoms with Crippen LogP contribution in [0.4, 0.5) is 11.4 Å². The zero-order chi connectivity index (χ0) is 20.1. The number of nitrogens with one attached hydrogen (secondary N) is 1. The molecule has 1 heterocycles. The van der Waals surface area contributed by atoms with Gasteiger partial charge in [-0.15, -0.1) is 0 Å². The van der Waals surface area contributed by atoms with Gasteiger partial charge in [0.05, 0.1) is 22.5 Å². The molecule has 0 bridgehead atoms. The first-order valence-corrected chi connectivity index (χ1v) is 9.48. The van der Waals surface area contributed by atoms with Gasteiger partial charge >= 0.3 is 0 Å². The Labute approximate surface area is 167 Å². The van der Waals surface area contributed by atoms with Gasteiger partial charge in [0.25, 0.3) is 5.69 Å². The number of nitro groups is 1. The quantitative estimate of drug-likeness (QED) is 0.550. The monoisotopic (exact) mass is 385 g/mol. The maximum Gasteiger partial charge on any atom is 0.274 e. The second-order valence-corrected chi connectivity index (χ2v) is 7.54. The summed E-state index contributed by atoms with van der Waals surface area (Å²) in [6.45, 7) is 0. The van der Waals surface area contributed by atoms with Crippen molar-refractivity contribution in [1.82, 2.24) is 0 Å². The van der Waals surface area contributed by atoms with E-state index in [1.165, 1.54) is 17.7 Å². The molecule has 0 aromatic heterocycles. The molecule has 0 fully saturated rings. The van der Waals surface area contributed by atoms with Crippen molar-refractivity contribution in [2.45, 2.75) is 18.4 Å². The Morgan fingerprint density at radius 2 is 1.62 bits per heavy atom. The molecular weight excluding hydrogens is 368 g/mol. The number of fused-ring (bicyclic) bond motifs is 5. The van der Waals surface area contributed by atoms with Crippen LogP contribution in [-0.4, -0.2) is 10.9 Å². The molecule has 3 aromatic rings. The summed E-state index contributed by atoms with van der Waals surface area (Å²) in [5.41, 5.74) is 4.42. The van der Waals surface area contributed by atoms with Crippen LogP contribution in [0.1, 0.15) is 44.6 Å². The molecule has 2 aliphatic rings. The van der Waals surface area contributed by atoms with Crippen molar-refractivity contribution in [2.75, 3.05) is 5.32 Å². The summed E-state index contributed by atoms with van der Waals surface area (Å²) in [6, 6.07) is 19.6. The highest BCUT2D eigenvalue weighted by Gasteiger charge is 2.45. The normalized spacial score (nSPS) is 21.4. The van der Waals surface area contributed by atoms with E-state index in [0.29, 0.717) is 11.3 Å². The van der Waals surface area contributed by atoms with Gasteiger partial charge in [-0.25, -0.2) is 0 Å². The average molecular weight is 385 g/mol. The lowest BCUT2D eigenvalue weighted by molar-refractivity contribution is -0.385. The minimum atomic E-state index is -1.26. The summed E-state index contributed by atoms with van der Waals surface area (Å²) >= 11 is 0. The Hall–Kier alpha value is -3.67. The van der Waals surface area contributed by atoms with E-state index < -0.39 is 5.97 Å². The Bertz CT molecular complexity index is 1160. The first-order valence-electron chi connectivity index (χ1n) is 9.48. The zero-order valence-electron chi connectivity index (χ0n) is 15.4. The van der Waals surface area contributed by atoms with E-state index in [1.54, 1.807) is 24.3 Å². The standard InChI is InChI=1S/C23H18N2O4/c26-23(27)17-10-5-9-16-20-14-7-2-1-6-13(14)12-18(20)21(24-22(16)17)15-8-3-4-11-19(15)25(28)29/h1-11,18,20-21,24H,12H2,(H,26,27)/p-1/t18-,20-,21+/m0/s1.